The summed E-state index contributed by atoms with van der Waals surface area (Å²) in [4.78, 5) is 11.6. The van der Waals surface area contributed by atoms with E-state index in [2.05, 4.69) is 20.8 Å². The third-order valence-electron chi connectivity index (χ3n) is 2.70. The number of nitrogens with zero attached hydrogens (tertiary/aromatic N) is 1. The first-order valence-corrected chi connectivity index (χ1v) is 6.28. The maximum atomic E-state index is 11.6. The Hall–Kier alpha value is -2.30. The van der Waals surface area contributed by atoms with Crippen LogP contribution in [0.3, 0.4) is 0 Å². The zero-order chi connectivity index (χ0) is 13.7. The number of carbonyl (C=O) groups excluding carboxylic acids is 1. The summed E-state index contributed by atoms with van der Waals surface area (Å²) >= 11 is 0. The van der Waals surface area contributed by atoms with Crippen LogP contribution in [0, 0.1) is 5.92 Å². The van der Waals surface area contributed by atoms with Crippen LogP contribution in [0.25, 0.3) is 0 Å². The van der Waals surface area contributed by atoms with Gasteiger partial charge in [0.05, 0.1) is 12.2 Å². The van der Waals surface area contributed by atoms with Crippen LogP contribution in [-0.4, -0.2) is 16.1 Å². The Kier molecular flexibility index (Phi) is 4.18. The van der Waals surface area contributed by atoms with Crippen LogP contribution in [0.5, 0.6) is 0 Å². The molecular weight excluding hydrogens is 240 g/mol. The van der Waals surface area contributed by atoms with Crippen molar-refractivity contribution in [2.24, 2.45) is 5.92 Å². The van der Waals surface area contributed by atoms with E-state index < -0.39 is 0 Å². The van der Waals surface area contributed by atoms with E-state index in [1.165, 1.54) is 0 Å². The molecule has 1 aromatic carbocycles. The van der Waals surface area contributed by atoms with E-state index in [9.17, 15) is 4.79 Å². The number of nitrogens with one attached hydrogen (secondary N) is 3. The monoisotopic (exact) mass is 258 g/mol. The zero-order valence-corrected chi connectivity index (χ0v) is 11.1. The van der Waals surface area contributed by atoms with E-state index in [0.717, 1.165) is 17.1 Å². The summed E-state index contributed by atoms with van der Waals surface area (Å²) in [5, 5.41) is 12.9. The Bertz CT molecular complexity index is 534. The summed E-state index contributed by atoms with van der Waals surface area (Å²) in [5.41, 5.74) is 2.76. The van der Waals surface area contributed by atoms with Gasteiger partial charge in [0.25, 0.3) is 0 Å². The van der Waals surface area contributed by atoms with Gasteiger partial charge in [0, 0.05) is 23.5 Å². The fraction of sp³-hybridized carbons (Fsp3) is 0.286. The second kappa shape index (κ2) is 6.04. The number of hydrogen-bond donors (Lipinski definition) is 3. The number of aromatic amines is 1. The minimum atomic E-state index is -0.0263. The van der Waals surface area contributed by atoms with Crippen LogP contribution in [-0.2, 0) is 11.3 Å². The fourth-order valence-electron chi connectivity index (χ4n) is 1.57. The predicted octanol–water partition coefficient (Wildman–Crippen LogP) is 2.62. The largest absolute Gasteiger partial charge is 0.379 e. The third-order valence-corrected chi connectivity index (χ3v) is 2.70. The Morgan fingerprint density at radius 3 is 2.79 bits per heavy atom. The number of aromatic nitrogens is 2. The van der Waals surface area contributed by atoms with Crippen molar-refractivity contribution in [1.29, 1.82) is 0 Å². The summed E-state index contributed by atoms with van der Waals surface area (Å²) < 4.78 is 0. The van der Waals surface area contributed by atoms with Crippen LogP contribution in [0.4, 0.5) is 11.4 Å². The number of hydrogen-bond acceptors (Lipinski definition) is 3. The van der Waals surface area contributed by atoms with Crippen molar-refractivity contribution in [3.8, 4) is 0 Å². The maximum Gasteiger partial charge on any atom is 0.226 e. The number of anilines is 2. The summed E-state index contributed by atoms with van der Waals surface area (Å²) in [6.07, 6.45) is 1.72. The minimum absolute atomic E-state index is 0.0192. The molecule has 100 valence electrons. The molecule has 2 aromatic rings. The highest BCUT2D eigenvalue weighted by Crippen LogP contribution is 2.16. The van der Waals surface area contributed by atoms with Crippen molar-refractivity contribution in [3.63, 3.8) is 0 Å². The minimum Gasteiger partial charge on any atom is -0.379 e. The van der Waals surface area contributed by atoms with Gasteiger partial charge >= 0.3 is 0 Å². The van der Waals surface area contributed by atoms with E-state index in [-0.39, 0.29) is 11.8 Å². The predicted molar refractivity (Wildman–Crippen MR) is 75.8 cm³/mol. The molecule has 0 aliphatic heterocycles. The van der Waals surface area contributed by atoms with Gasteiger partial charge < -0.3 is 10.6 Å². The first kappa shape index (κ1) is 13.1. The highest BCUT2D eigenvalue weighted by molar-refractivity contribution is 5.92. The van der Waals surface area contributed by atoms with Crippen molar-refractivity contribution in [3.05, 3.63) is 42.2 Å². The van der Waals surface area contributed by atoms with E-state index in [1.54, 1.807) is 6.20 Å². The highest BCUT2D eigenvalue weighted by atomic mass is 16.1. The van der Waals surface area contributed by atoms with Gasteiger partial charge in [-0.15, -0.1) is 0 Å². The van der Waals surface area contributed by atoms with Crippen LogP contribution in [0.2, 0.25) is 0 Å². The lowest BCUT2D eigenvalue weighted by molar-refractivity contribution is -0.118. The van der Waals surface area contributed by atoms with Gasteiger partial charge in [-0.2, -0.15) is 5.10 Å². The van der Waals surface area contributed by atoms with E-state index >= 15 is 0 Å². The standard InChI is InChI=1S/C14H18N4O/c1-10(2)14(19)17-12-5-3-4-11(8-12)15-9-13-6-7-16-18-13/h3-8,10,15H,9H2,1-2H3,(H,16,18)(H,17,19). The smallest absolute Gasteiger partial charge is 0.226 e. The van der Waals surface area contributed by atoms with E-state index in [0.29, 0.717) is 6.54 Å². The summed E-state index contributed by atoms with van der Waals surface area (Å²) in [7, 11) is 0. The van der Waals surface area contributed by atoms with Gasteiger partial charge in [-0.25, -0.2) is 0 Å². The maximum absolute atomic E-state index is 11.6. The molecule has 5 nitrogen and oxygen atoms in total. The quantitative estimate of drug-likeness (QED) is 0.772. The van der Waals surface area contributed by atoms with Gasteiger partial charge in [-0.05, 0) is 24.3 Å². The summed E-state index contributed by atoms with van der Waals surface area (Å²) in [6.45, 7) is 4.41. The average molecular weight is 258 g/mol. The molecule has 0 aliphatic carbocycles. The molecule has 0 aliphatic rings. The normalized spacial score (nSPS) is 10.5. The molecule has 19 heavy (non-hydrogen) atoms. The van der Waals surface area contributed by atoms with Gasteiger partial charge in [0.1, 0.15) is 0 Å². The molecule has 0 saturated carbocycles. The molecule has 0 unspecified atom stereocenters. The van der Waals surface area contributed by atoms with Gasteiger partial charge in [-0.3, -0.25) is 9.89 Å². The third kappa shape index (κ3) is 3.84. The molecule has 2 rings (SSSR count). The van der Waals surface area contributed by atoms with Crippen molar-refractivity contribution >= 4 is 17.3 Å². The lowest BCUT2D eigenvalue weighted by atomic mass is 10.2. The van der Waals surface area contributed by atoms with Crippen molar-refractivity contribution < 1.29 is 4.79 Å². The van der Waals surface area contributed by atoms with Crippen LogP contribution >= 0.6 is 0 Å². The second-order valence-corrected chi connectivity index (χ2v) is 4.66. The molecule has 0 atom stereocenters. The molecule has 0 saturated heterocycles. The molecule has 1 amide bonds. The van der Waals surface area contributed by atoms with Crippen LogP contribution in [0.1, 0.15) is 19.5 Å². The first-order valence-electron chi connectivity index (χ1n) is 6.28. The van der Waals surface area contributed by atoms with E-state index in [1.807, 2.05) is 44.2 Å². The topological polar surface area (TPSA) is 69.8 Å². The number of amides is 1. The van der Waals surface area contributed by atoms with Gasteiger partial charge in [-0.1, -0.05) is 19.9 Å². The zero-order valence-electron chi connectivity index (χ0n) is 11.1. The number of carbonyl (C=O) groups is 1. The molecule has 0 radical (unpaired) electrons. The lowest BCUT2D eigenvalue weighted by Crippen LogP contribution is -2.17. The van der Waals surface area contributed by atoms with Crippen LogP contribution in [0.15, 0.2) is 36.5 Å². The number of benzene rings is 1. The average Bonchev–Trinajstić information content (AvgIpc) is 2.90. The molecule has 1 heterocycles. The first-order chi connectivity index (χ1) is 9.15. The number of H-pyrrole nitrogens is 1. The molecule has 5 heteroatoms. The Labute approximate surface area is 112 Å². The van der Waals surface area contributed by atoms with Gasteiger partial charge in [0.2, 0.25) is 5.91 Å². The summed E-state index contributed by atoms with van der Waals surface area (Å²) in [6, 6.07) is 9.57. The molecule has 0 bridgehead atoms. The van der Waals surface area contributed by atoms with Crippen molar-refractivity contribution in [2.75, 3.05) is 10.6 Å². The summed E-state index contributed by atoms with van der Waals surface area (Å²) in [5.74, 6) is -0.00711. The highest BCUT2D eigenvalue weighted by Gasteiger charge is 2.07. The Morgan fingerprint density at radius 1 is 1.32 bits per heavy atom. The molecule has 1 aromatic heterocycles. The number of rotatable bonds is 5. The lowest BCUT2D eigenvalue weighted by Gasteiger charge is -2.10. The van der Waals surface area contributed by atoms with Crippen molar-refractivity contribution in [1.82, 2.24) is 10.2 Å². The van der Waals surface area contributed by atoms with Crippen molar-refractivity contribution in [2.45, 2.75) is 20.4 Å². The Morgan fingerprint density at radius 2 is 2.11 bits per heavy atom. The van der Waals surface area contributed by atoms with E-state index in [4.69, 9.17) is 0 Å². The molecular formula is C14H18N4O. The van der Waals surface area contributed by atoms with Gasteiger partial charge in [0.15, 0.2) is 0 Å². The molecule has 0 spiro atoms. The fourth-order valence-corrected chi connectivity index (χ4v) is 1.57. The molecule has 3 N–H and O–H groups in total. The Balaban J connectivity index is 1.97. The molecule has 0 fully saturated rings. The van der Waals surface area contributed by atoms with Crippen LogP contribution < -0.4 is 10.6 Å². The second-order valence-electron chi connectivity index (χ2n) is 4.66. The SMILES string of the molecule is CC(C)C(=O)Nc1cccc(NCc2ccn[nH]2)c1.